The number of nitrogens with one attached hydrogen (secondary N) is 1. The number of urea groups is 1. The molecule has 1 N–H and O–H groups in total. The lowest BCUT2D eigenvalue weighted by Crippen LogP contribution is -2.54. The van der Waals surface area contributed by atoms with Crippen molar-refractivity contribution in [2.75, 3.05) is 26.2 Å². The second-order valence-electron chi connectivity index (χ2n) is 5.79. The fourth-order valence-corrected chi connectivity index (χ4v) is 1.74. The van der Waals surface area contributed by atoms with Crippen molar-refractivity contribution < 1.29 is 14.3 Å². The molecule has 20 heavy (non-hydrogen) atoms. The van der Waals surface area contributed by atoms with Crippen LogP contribution in [0.3, 0.4) is 0 Å². The van der Waals surface area contributed by atoms with Crippen molar-refractivity contribution in [3.05, 3.63) is 0 Å². The van der Waals surface area contributed by atoms with Gasteiger partial charge in [0.2, 0.25) is 0 Å². The van der Waals surface area contributed by atoms with Crippen molar-refractivity contribution in [3.8, 4) is 12.3 Å². The topological polar surface area (TPSA) is 61.9 Å². The summed E-state index contributed by atoms with van der Waals surface area (Å²) in [6, 6.07) is -0.495. The smallest absolute Gasteiger partial charge is 0.410 e. The average Bonchev–Trinajstić information content (AvgIpc) is 2.36. The van der Waals surface area contributed by atoms with Gasteiger partial charge in [-0.3, -0.25) is 0 Å². The molecule has 1 rings (SSSR count). The summed E-state index contributed by atoms with van der Waals surface area (Å²) in [7, 11) is 0. The summed E-state index contributed by atoms with van der Waals surface area (Å²) in [5.74, 6) is 2.44. The summed E-state index contributed by atoms with van der Waals surface area (Å²) in [5.41, 5.74) is -0.506. The fourth-order valence-electron chi connectivity index (χ4n) is 1.74. The number of carbonyl (C=O) groups is 2. The maximum atomic E-state index is 11.9. The quantitative estimate of drug-likeness (QED) is 0.736. The van der Waals surface area contributed by atoms with Crippen LogP contribution in [-0.4, -0.2) is 59.7 Å². The largest absolute Gasteiger partial charge is 0.444 e. The van der Waals surface area contributed by atoms with Crippen molar-refractivity contribution >= 4 is 12.1 Å². The standard InChI is InChI=1S/C14H23N3O3/c1-6-11(2)15-12(18)16-7-9-17(10-8-16)13(19)20-14(3,4)5/h1,11H,7-10H2,2-5H3,(H,15,18). The molecule has 1 aliphatic heterocycles. The van der Waals surface area contributed by atoms with Crippen LogP contribution >= 0.6 is 0 Å². The number of carbonyl (C=O) groups excluding carboxylic acids is 2. The lowest BCUT2D eigenvalue weighted by Gasteiger charge is -2.35. The molecule has 6 heteroatoms. The summed E-state index contributed by atoms with van der Waals surface area (Å²) in [5, 5.41) is 2.70. The number of amides is 3. The highest BCUT2D eigenvalue weighted by molar-refractivity contribution is 5.75. The van der Waals surface area contributed by atoms with Gasteiger partial charge >= 0.3 is 12.1 Å². The summed E-state index contributed by atoms with van der Waals surface area (Å²) < 4.78 is 5.30. The molecule has 0 aliphatic carbocycles. The minimum Gasteiger partial charge on any atom is -0.444 e. The number of hydrogen-bond acceptors (Lipinski definition) is 3. The van der Waals surface area contributed by atoms with Crippen LogP contribution in [0, 0.1) is 12.3 Å². The summed E-state index contributed by atoms with van der Waals surface area (Å²) in [6.07, 6.45) is 4.88. The average molecular weight is 281 g/mol. The predicted octanol–water partition coefficient (Wildman–Crippen LogP) is 1.27. The lowest BCUT2D eigenvalue weighted by molar-refractivity contribution is 0.0169. The number of nitrogens with zero attached hydrogens (tertiary/aromatic N) is 2. The van der Waals surface area contributed by atoms with E-state index < -0.39 is 5.60 Å². The SMILES string of the molecule is C#CC(C)NC(=O)N1CCN(C(=O)OC(C)(C)C)CC1. The first-order valence-corrected chi connectivity index (χ1v) is 6.72. The van der Waals surface area contributed by atoms with E-state index in [-0.39, 0.29) is 18.2 Å². The van der Waals surface area contributed by atoms with Crippen LogP contribution < -0.4 is 5.32 Å². The molecule has 0 spiro atoms. The van der Waals surface area contributed by atoms with E-state index in [1.54, 1.807) is 16.7 Å². The Morgan fingerprint density at radius 3 is 2.15 bits per heavy atom. The number of piperazine rings is 1. The molecule has 0 bridgehead atoms. The van der Waals surface area contributed by atoms with Gasteiger partial charge in [0.1, 0.15) is 5.60 Å². The Bertz CT molecular complexity index is 401. The van der Waals surface area contributed by atoms with E-state index >= 15 is 0 Å². The Morgan fingerprint density at radius 2 is 1.70 bits per heavy atom. The Kier molecular flexibility index (Phi) is 5.26. The van der Waals surface area contributed by atoms with Crippen molar-refractivity contribution in [2.24, 2.45) is 0 Å². The van der Waals surface area contributed by atoms with E-state index in [1.807, 2.05) is 20.8 Å². The van der Waals surface area contributed by atoms with Gasteiger partial charge in [-0.25, -0.2) is 9.59 Å². The van der Waals surface area contributed by atoms with Crippen LogP contribution in [0.15, 0.2) is 0 Å². The highest BCUT2D eigenvalue weighted by Crippen LogP contribution is 2.11. The highest BCUT2D eigenvalue weighted by Gasteiger charge is 2.27. The summed E-state index contributed by atoms with van der Waals surface area (Å²) in [4.78, 5) is 27.0. The van der Waals surface area contributed by atoms with E-state index in [9.17, 15) is 9.59 Å². The molecule has 1 unspecified atom stereocenters. The Labute approximate surface area is 120 Å². The molecule has 0 radical (unpaired) electrons. The van der Waals surface area contributed by atoms with Crippen LogP contribution in [-0.2, 0) is 4.74 Å². The lowest BCUT2D eigenvalue weighted by atomic mass is 10.2. The Morgan fingerprint density at radius 1 is 1.20 bits per heavy atom. The van der Waals surface area contributed by atoms with E-state index in [0.29, 0.717) is 26.2 Å². The monoisotopic (exact) mass is 281 g/mol. The first kappa shape index (κ1) is 16.2. The number of ether oxygens (including phenoxy) is 1. The van der Waals surface area contributed by atoms with Gasteiger partial charge in [0.05, 0.1) is 6.04 Å². The molecule has 0 aromatic heterocycles. The normalized spacial score (nSPS) is 17.1. The van der Waals surface area contributed by atoms with E-state index in [1.165, 1.54) is 0 Å². The molecule has 1 heterocycles. The molecule has 112 valence electrons. The van der Waals surface area contributed by atoms with Gasteiger partial charge in [0.15, 0.2) is 0 Å². The van der Waals surface area contributed by atoms with E-state index in [2.05, 4.69) is 11.2 Å². The fraction of sp³-hybridized carbons (Fsp3) is 0.714. The Balaban J connectivity index is 2.42. The van der Waals surface area contributed by atoms with E-state index in [0.717, 1.165) is 0 Å². The maximum Gasteiger partial charge on any atom is 0.410 e. The van der Waals surface area contributed by atoms with Crippen molar-refractivity contribution in [2.45, 2.75) is 39.3 Å². The van der Waals surface area contributed by atoms with E-state index in [4.69, 9.17) is 11.2 Å². The molecule has 1 saturated heterocycles. The molecular formula is C14H23N3O3. The van der Waals surface area contributed by atoms with Crippen molar-refractivity contribution in [1.29, 1.82) is 0 Å². The summed E-state index contributed by atoms with van der Waals surface area (Å²) in [6.45, 7) is 9.11. The van der Waals surface area contributed by atoms with Crippen LogP contribution in [0.25, 0.3) is 0 Å². The number of hydrogen-bond donors (Lipinski definition) is 1. The molecule has 1 aliphatic rings. The molecule has 0 aromatic carbocycles. The third-order valence-corrected chi connectivity index (χ3v) is 2.81. The second kappa shape index (κ2) is 6.51. The summed E-state index contributed by atoms with van der Waals surface area (Å²) >= 11 is 0. The van der Waals surface area contributed by atoms with Gasteiger partial charge in [-0.2, -0.15) is 0 Å². The zero-order valence-electron chi connectivity index (χ0n) is 12.6. The zero-order valence-corrected chi connectivity index (χ0v) is 12.6. The molecule has 3 amide bonds. The van der Waals surface area contributed by atoms with Gasteiger partial charge in [-0.05, 0) is 27.7 Å². The molecule has 0 aromatic rings. The first-order valence-electron chi connectivity index (χ1n) is 6.72. The van der Waals surface area contributed by atoms with Crippen LogP contribution in [0.1, 0.15) is 27.7 Å². The molecule has 0 saturated carbocycles. The second-order valence-corrected chi connectivity index (χ2v) is 5.79. The molecule has 1 fully saturated rings. The third-order valence-electron chi connectivity index (χ3n) is 2.81. The van der Waals surface area contributed by atoms with Gasteiger partial charge in [0.25, 0.3) is 0 Å². The van der Waals surface area contributed by atoms with Gasteiger partial charge in [0, 0.05) is 26.2 Å². The van der Waals surface area contributed by atoms with Gasteiger partial charge in [-0.15, -0.1) is 6.42 Å². The minimum absolute atomic E-state index is 0.195. The highest BCUT2D eigenvalue weighted by atomic mass is 16.6. The third kappa shape index (κ3) is 5.00. The zero-order chi connectivity index (χ0) is 15.3. The predicted molar refractivity (Wildman–Crippen MR) is 76.2 cm³/mol. The van der Waals surface area contributed by atoms with Gasteiger partial charge in [-0.1, -0.05) is 5.92 Å². The number of terminal acetylenes is 1. The van der Waals surface area contributed by atoms with Crippen LogP contribution in [0.5, 0.6) is 0 Å². The molecule has 1 atom stereocenters. The Hall–Kier alpha value is -1.90. The molecule has 6 nitrogen and oxygen atoms in total. The maximum absolute atomic E-state index is 11.9. The first-order chi connectivity index (χ1) is 9.23. The van der Waals surface area contributed by atoms with Crippen LogP contribution in [0.2, 0.25) is 0 Å². The van der Waals surface area contributed by atoms with Crippen LogP contribution in [0.4, 0.5) is 9.59 Å². The molecular weight excluding hydrogens is 258 g/mol. The minimum atomic E-state index is -0.506. The number of rotatable bonds is 1. The van der Waals surface area contributed by atoms with Crippen molar-refractivity contribution in [1.82, 2.24) is 15.1 Å². The van der Waals surface area contributed by atoms with Gasteiger partial charge < -0.3 is 19.9 Å². The van der Waals surface area contributed by atoms with Crippen molar-refractivity contribution in [3.63, 3.8) is 0 Å².